The molecule has 0 aliphatic heterocycles. The number of benzene rings is 1. The van der Waals surface area contributed by atoms with Crippen molar-refractivity contribution in [2.24, 2.45) is 0 Å². The molecule has 4 nitrogen and oxygen atoms in total. The Morgan fingerprint density at radius 3 is 2.86 bits per heavy atom. The van der Waals surface area contributed by atoms with E-state index in [-0.39, 0.29) is 0 Å². The summed E-state index contributed by atoms with van der Waals surface area (Å²) < 4.78 is 0. The van der Waals surface area contributed by atoms with Gasteiger partial charge in [-0.05, 0) is 25.5 Å². The van der Waals surface area contributed by atoms with Gasteiger partial charge in [-0.15, -0.1) is 0 Å². The predicted octanol–water partition coefficient (Wildman–Crippen LogP) is 2.92. The summed E-state index contributed by atoms with van der Waals surface area (Å²) in [6.07, 6.45) is 4.77. The van der Waals surface area contributed by atoms with Gasteiger partial charge in [0.25, 0.3) is 0 Å². The van der Waals surface area contributed by atoms with E-state index in [0.29, 0.717) is 0 Å². The molecule has 112 valence electrons. The molecule has 21 heavy (non-hydrogen) atoms. The Hall–Kier alpha value is -1.94. The van der Waals surface area contributed by atoms with Gasteiger partial charge in [0.2, 0.25) is 0 Å². The summed E-state index contributed by atoms with van der Waals surface area (Å²) in [7, 11) is 2.05. The molecule has 0 atom stereocenters. The van der Waals surface area contributed by atoms with Crippen LogP contribution in [0, 0.1) is 6.92 Å². The highest BCUT2D eigenvalue weighted by Gasteiger charge is 2.05. The van der Waals surface area contributed by atoms with E-state index in [2.05, 4.69) is 65.3 Å². The second-order valence-electron chi connectivity index (χ2n) is 5.39. The molecular weight excluding hydrogens is 260 g/mol. The van der Waals surface area contributed by atoms with Crippen LogP contribution in [-0.2, 0) is 13.1 Å². The SMILES string of the molecule is CCCNCc1cncc(N(C)Cc2cccc(C)c2)n1. The van der Waals surface area contributed by atoms with Gasteiger partial charge in [0.15, 0.2) is 0 Å². The molecule has 0 amide bonds. The molecular formula is C17H24N4. The average Bonchev–Trinajstić information content (AvgIpc) is 2.48. The van der Waals surface area contributed by atoms with Crippen LogP contribution in [0.5, 0.6) is 0 Å². The molecule has 0 unspecified atom stereocenters. The van der Waals surface area contributed by atoms with Gasteiger partial charge in [-0.2, -0.15) is 0 Å². The van der Waals surface area contributed by atoms with E-state index < -0.39 is 0 Å². The van der Waals surface area contributed by atoms with Crippen molar-refractivity contribution in [3.05, 3.63) is 53.5 Å². The molecule has 0 bridgehead atoms. The molecule has 1 aromatic carbocycles. The summed E-state index contributed by atoms with van der Waals surface area (Å²) in [4.78, 5) is 11.1. The summed E-state index contributed by atoms with van der Waals surface area (Å²) in [5.41, 5.74) is 3.55. The van der Waals surface area contributed by atoms with Gasteiger partial charge >= 0.3 is 0 Å². The molecule has 0 radical (unpaired) electrons. The Morgan fingerprint density at radius 1 is 1.24 bits per heavy atom. The maximum Gasteiger partial charge on any atom is 0.147 e. The first kappa shape index (κ1) is 15.4. The van der Waals surface area contributed by atoms with E-state index in [1.165, 1.54) is 11.1 Å². The largest absolute Gasteiger partial charge is 0.354 e. The Bertz CT molecular complexity index is 568. The van der Waals surface area contributed by atoms with Crippen LogP contribution in [0.4, 0.5) is 5.82 Å². The number of nitrogens with one attached hydrogen (secondary N) is 1. The lowest BCUT2D eigenvalue weighted by Crippen LogP contribution is -2.20. The third-order valence-electron chi connectivity index (χ3n) is 3.30. The maximum absolute atomic E-state index is 4.66. The van der Waals surface area contributed by atoms with Crippen LogP contribution in [0.1, 0.15) is 30.2 Å². The van der Waals surface area contributed by atoms with Gasteiger partial charge < -0.3 is 10.2 Å². The molecule has 0 spiro atoms. The van der Waals surface area contributed by atoms with Gasteiger partial charge in [0.1, 0.15) is 5.82 Å². The van der Waals surface area contributed by atoms with Gasteiger partial charge in [-0.1, -0.05) is 36.8 Å². The molecule has 1 heterocycles. The van der Waals surface area contributed by atoms with E-state index in [1.807, 2.05) is 12.4 Å². The summed E-state index contributed by atoms with van der Waals surface area (Å²) in [5.74, 6) is 0.910. The highest BCUT2D eigenvalue weighted by molar-refractivity contribution is 5.37. The minimum Gasteiger partial charge on any atom is -0.354 e. The molecule has 0 saturated heterocycles. The third-order valence-corrected chi connectivity index (χ3v) is 3.30. The first-order chi connectivity index (χ1) is 10.2. The van der Waals surface area contributed by atoms with Gasteiger partial charge in [0.05, 0.1) is 11.9 Å². The molecule has 2 rings (SSSR count). The highest BCUT2D eigenvalue weighted by Crippen LogP contribution is 2.13. The minimum atomic E-state index is 0.771. The minimum absolute atomic E-state index is 0.771. The predicted molar refractivity (Wildman–Crippen MR) is 87.3 cm³/mol. The zero-order chi connectivity index (χ0) is 15.1. The molecule has 0 aliphatic carbocycles. The van der Waals surface area contributed by atoms with Crippen LogP contribution >= 0.6 is 0 Å². The Morgan fingerprint density at radius 2 is 2.10 bits per heavy atom. The van der Waals surface area contributed by atoms with Crippen molar-refractivity contribution >= 4 is 5.82 Å². The lowest BCUT2D eigenvalue weighted by atomic mass is 10.1. The summed E-state index contributed by atoms with van der Waals surface area (Å²) in [6.45, 7) is 6.88. The van der Waals surface area contributed by atoms with Crippen molar-refractivity contribution in [2.75, 3.05) is 18.5 Å². The third kappa shape index (κ3) is 4.83. The van der Waals surface area contributed by atoms with Crippen molar-refractivity contribution in [3.63, 3.8) is 0 Å². The Labute approximate surface area is 127 Å². The molecule has 1 aromatic heterocycles. The van der Waals surface area contributed by atoms with Crippen LogP contribution in [0.2, 0.25) is 0 Å². The number of rotatable bonds is 7. The molecule has 0 aliphatic rings. The molecule has 1 N–H and O–H groups in total. The van der Waals surface area contributed by atoms with E-state index in [9.17, 15) is 0 Å². The van der Waals surface area contributed by atoms with Crippen LogP contribution in [-0.4, -0.2) is 23.6 Å². The standard InChI is InChI=1S/C17H24N4/c1-4-8-18-10-16-11-19-12-17(20-16)21(3)13-15-7-5-6-14(2)9-15/h5-7,9,11-12,18H,4,8,10,13H2,1-3H3. The lowest BCUT2D eigenvalue weighted by Gasteiger charge is -2.18. The zero-order valence-corrected chi connectivity index (χ0v) is 13.1. The van der Waals surface area contributed by atoms with Crippen LogP contribution in [0.25, 0.3) is 0 Å². The normalized spacial score (nSPS) is 10.6. The number of anilines is 1. The van der Waals surface area contributed by atoms with E-state index in [4.69, 9.17) is 0 Å². The van der Waals surface area contributed by atoms with Crippen LogP contribution < -0.4 is 10.2 Å². The summed E-state index contributed by atoms with van der Waals surface area (Å²) in [5, 5.41) is 3.35. The fraction of sp³-hybridized carbons (Fsp3) is 0.412. The summed E-state index contributed by atoms with van der Waals surface area (Å²) >= 11 is 0. The van der Waals surface area contributed by atoms with Crippen LogP contribution in [0.15, 0.2) is 36.7 Å². The zero-order valence-electron chi connectivity index (χ0n) is 13.1. The average molecular weight is 284 g/mol. The van der Waals surface area contributed by atoms with Gasteiger partial charge in [0, 0.05) is 26.3 Å². The Kier molecular flexibility index (Phi) is 5.69. The molecule has 0 fully saturated rings. The fourth-order valence-corrected chi connectivity index (χ4v) is 2.22. The Balaban J connectivity index is 2.01. The second-order valence-corrected chi connectivity index (χ2v) is 5.39. The van der Waals surface area contributed by atoms with Crippen molar-refractivity contribution < 1.29 is 0 Å². The summed E-state index contributed by atoms with van der Waals surface area (Å²) in [6, 6.07) is 8.55. The number of hydrogen-bond acceptors (Lipinski definition) is 4. The fourth-order valence-electron chi connectivity index (χ4n) is 2.22. The quantitative estimate of drug-likeness (QED) is 0.794. The van der Waals surface area contributed by atoms with Gasteiger partial charge in [-0.3, -0.25) is 4.98 Å². The highest BCUT2D eigenvalue weighted by atomic mass is 15.2. The van der Waals surface area contributed by atoms with E-state index >= 15 is 0 Å². The molecule has 2 aromatic rings. The van der Waals surface area contributed by atoms with Crippen molar-refractivity contribution in [2.45, 2.75) is 33.4 Å². The van der Waals surface area contributed by atoms with E-state index in [0.717, 1.165) is 37.6 Å². The van der Waals surface area contributed by atoms with Crippen molar-refractivity contribution in [3.8, 4) is 0 Å². The molecule has 0 saturated carbocycles. The number of aromatic nitrogens is 2. The topological polar surface area (TPSA) is 41.1 Å². The van der Waals surface area contributed by atoms with E-state index in [1.54, 1.807) is 0 Å². The first-order valence-electron chi connectivity index (χ1n) is 7.47. The number of nitrogens with zero attached hydrogens (tertiary/aromatic N) is 3. The number of hydrogen-bond donors (Lipinski definition) is 1. The first-order valence-corrected chi connectivity index (χ1v) is 7.47. The maximum atomic E-state index is 4.66. The van der Waals surface area contributed by atoms with Crippen molar-refractivity contribution in [1.82, 2.24) is 15.3 Å². The van der Waals surface area contributed by atoms with Crippen molar-refractivity contribution in [1.29, 1.82) is 0 Å². The van der Waals surface area contributed by atoms with Gasteiger partial charge in [-0.25, -0.2) is 4.98 Å². The smallest absolute Gasteiger partial charge is 0.147 e. The molecule has 4 heteroatoms. The lowest BCUT2D eigenvalue weighted by molar-refractivity contribution is 0.661. The monoisotopic (exact) mass is 284 g/mol. The second kappa shape index (κ2) is 7.74. The number of aryl methyl sites for hydroxylation is 1. The van der Waals surface area contributed by atoms with Crippen LogP contribution in [0.3, 0.4) is 0 Å².